The number of carbonyl (C=O) groups is 2. The zero-order chi connectivity index (χ0) is 31.6. The van der Waals surface area contributed by atoms with Crippen molar-refractivity contribution in [2.45, 2.75) is 84.7 Å². The number of rotatable bonds is 9. The third-order valence-corrected chi connectivity index (χ3v) is 8.84. The highest BCUT2D eigenvalue weighted by Gasteiger charge is 2.37. The summed E-state index contributed by atoms with van der Waals surface area (Å²) in [6, 6.07) is 16.3. The van der Waals surface area contributed by atoms with Gasteiger partial charge in [0.05, 0.1) is 18.4 Å². The fourth-order valence-corrected chi connectivity index (χ4v) is 5.90. The van der Waals surface area contributed by atoms with Crippen LogP contribution in [0.4, 0.5) is 5.95 Å². The largest absolute Gasteiger partial charge is 0.465 e. The number of carbonyl (C=O) groups excluding carboxylic acids is 2. The monoisotopic (exact) mass is 594 g/mol. The van der Waals surface area contributed by atoms with E-state index in [0.29, 0.717) is 42.5 Å². The van der Waals surface area contributed by atoms with Crippen molar-refractivity contribution in [3.05, 3.63) is 111 Å². The molecular formula is C36H42N4O4. The van der Waals surface area contributed by atoms with Gasteiger partial charge < -0.3 is 19.8 Å². The Morgan fingerprint density at radius 3 is 2.30 bits per heavy atom. The van der Waals surface area contributed by atoms with Crippen LogP contribution in [0.25, 0.3) is 0 Å². The van der Waals surface area contributed by atoms with E-state index in [1.54, 1.807) is 13.0 Å². The van der Waals surface area contributed by atoms with Gasteiger partial charge in [-0.15, -0.1) is 0 Å². The smallest absolute Gasteiger partial charge is 0.341 e. The van der Waals surface area contributed by atoms with Gasteiger partial charge in [0.25, 0.3) is 5.91 Å². The van der Waals surface area contributed by atoms with E-state index >= 15 is 0 Å². The van der Waals surface area contributed by atoms with Gasteiger partial charge in [-0.05, 0) is 83.0 Å². The number of furan rings is 1. The van der Waals surface area contributed by atoms with Gasteiger partial charge in [0.1, 0.15) is 5.76 Å². The maximum absolute atomic E-state index is 13.0. The molecule has 5 rings (SSSR count). The molecule has 0 atom stereocenters. The van der Waals surface area contributed by atoms with Crippen LogP contribution in [-0.2, 0) is 35.1 Å². The fourth-order valence-electron chi connectivity index (χ4n) is 5.90. The molecule has 8 heteroatoms. The van der Waals surface area contributed by atoms with E-state index in [9.17, 15) is 9.59 Å². The Hall–Kier alpha value is -4.46. The average Bonchev–Trinajstić information content (AvgIpc) is 3.46. The number of fused-ring (bicyclic) bond motifs is 1. The first-order chi connectivity index (χ1) is 20.9. The van der Waals surface area contributed by atoms with Crippen molar-refractivity contribution in [1.29, 1.82) is 0 Å². The van der Waals surface area contributed by atoms with Crippen LogP contribution in [0.1, 0.15) is 106 Å². The van der Waals surface area contributed by atoms with Crippen molar-refractivity contribution < 1.29 is 18.7 Å². The number of aromatic nitrogens is 2. The Morgan fingerprint density at radius 2 is 1.61 bits per heavy atom. The second-order valence-electron chi connectivity index (χ2n) is 13.1. The van der Waals surface area contributed by atoms with Gasteiger partial charge in [0, 0.05) is 25.7 Å². The summed E-state index contributed by atoms with van der Waals surface area (Å²) in [5.74, 6) is 0.779. The van der Waals surface area contributed by atoms with Crippen LogP contribution in [0.2, 0.25) is 0 Å². The Balaban J connectivity index is 1.19. The third-order valence-electron chi connectivity index (χ3n) is 8.84. The molecule has 8 nitrogen and oxygen atoms in total. The second-order valence-corrected chi connectivity index (χ2v) is 13.1. The lowest BCUT2D eigenvalue weighted by Crippen LogP contribution is -2.34. The molecule has 2 aromatic heterocycles. The minimum Gasteiger partial charge on any atom is -0.465 e. The molecule has 0 radical (unpaired) electrons. The zero-order valence-corrected chi connectivity index (χ0v) is 26.8. The maximum Gasteiger partial charge on any atom is 0.341 e. The normalized spacial score (nSPS) is 14.9. The molecule has 2 aromatic carbocycles. The lowest BCUT2D eigenvalue weighted by Gasteiger charge is -2.42. The highest BCUT2D eigenvalue weighted by atomic mass is 16.5. The molecule has 0 aliphatic heterocycles. The van der Waals surface area contributed by atoms with Gasteiger partial charge >= 0.3 is 5.97 Å². The number of benzene rings is 2. The number of hydrogen-bond acceptors (Lipinski definition) is 7. The number of ether oxygens (including phenoxy) is 1. The minimum atomic E-state index is -0.465. The summed E-state index contributed by atoms with van der Waals surface area (Å²) in [5, 5.41) is 6.15. The van der Waals surface area contributed by atoms with E-state index in [2.05, 4.69) is 67.4 Å². The molecule has 0 unspecified atom stereocenters. The number of methoxy groups -OCH3 is 1. The molecule has 0 saturated carbocycles. The van der Waals surface area contributed by atoms with E-state index in [-0.39, 0.29) is 16.7 Å². The first-order valence-electron chi connectivity index (χ1n) is 15.1. The van der Waals surface area contributed by atoms with Gasteiger partial charge in [-0.2, -0.15) is 0 Å². The number of hydrogen-bond donors (Lipinski definition) is 2. The number of esters is 1. The Labute approximate surface area is 259 Å². The molecule has 0 fully saturated rings. The number of anilines is 1. The lowest BCUT2D eigenvalue weighted by molar-refractivity contribution is 0.0598. The summed E-state index contributed by atoms with van der Waals surface area (Å²) in [5.41, 5.74) is 8.51. The molecule has 4 aromatic rings. The molecule has 1 amide bonds. The molecule has 2 heterocycles. The molecule has 0 saturated heterocycles. The van der Waals surface area contributed by atoms with E-state index in [1.807, 2.05) is 30.3 Å². The number of aryl methyl sites for hydroxylation is 2. The van der Waals surface area contributed by atoms with E-state index in [0.717, 1.165) is 16.9 Å². The topological polar surface area (TPSA) is 106 Å². The molecule has 0 spiro atoms. The minimum absolute atomic E-state index is 0.138. The average molecular weight is 595 g/mol. The number of nitrogens with one attached hydrogen (secondary N) is 2. The first kappa shape index (κ1) is 31.0. The molecule has 230 valence electrons. The first-order valence-corrected chi connectivity index (χ1v) is 15.1. The Kier molecular flexibility index (Phi) is 8.64. The standard InChI is InChI=1S/C36H42N4O4/c1-22-15-29-30(36(5,6)14-13-35(29,3)4)18-26(22)17-27-11-12-31(44-27)32(41)37-19-24-9-8-10-25(16-24)20-38-34-39-21-28(23(2)40-34)33(42)43-7/h8-12,15-16,18,21H,13-14,17,19-20H2,1-7H3,(H,37,41)(H,38,39,40). The van der Waals surface area contributed by atoms with Gasteiger partial charge in [0.2, 0.25) is 5.95 Å². The van der Waals surface area contributed by atoms with Crippen molar-refractivity contribution in [3.63, 3.8) is 0 Å². The van der Waals surface area contributed by atoms with Crippen LogP contribution in [0.3, 0.4) is 0 Å². The van der Waals surface area contributed by atoms with Crippen molar-refractivity contribution in [1.82, 2.24) is 15.3 Å². The van der Waals surface area contributed by atoms with Crippen LogP contribution in [-0.4, -0.2) is 29.0 Å². The summed E-state index contributed by atoms with van der Waals surface area (Å²) < 4.78 is 10.8. The summed E-state index contributed by atoms with van der Waals surface area (Å²) in [6.45, 7) is 14.1. The highest BCUT2D eigenvalue weighted by molar-refractivity contribution is 5.91. The van der Waals surface area contributed by atoms with Crippen LogP contribution in [0.15, 0.2) is 59.1 Å². The van der Waals surface area contributed by atoms with Gasteiger partial charge in [-0.3, -0.25) is 4.79 Å². The number of amides is 1. The highest BCUT2D eigenvalue weighted by Crippen LogP contribution is 2.46. The molecule has 2 N–H and O–H groups in total. The zero-order valence-electron chi connectivity index (χ0n) is 26.8. The Morgan fingerprint density at radius 1 is 0.932 bits per heavy atom. The van der Waals surface area contributed by atoms with Crippen LogP contribution in [0, 0.1) is 13.8 Å². The molecular weight excluding hydrogens is 552 g/mol. The molecule has 0 bridgehead atoms. The molecule has 44 heavy (non-hydrogen) atoms. The molecule has 1 aliphatic rings. The van der Waals surface area contributed by atoms with Crippen molar-refractivity contribution in [3.8, 4) is 0 Å². The second kappa shape index (κ2) is 12.3. The van der Waals surface area contributed by atoms with E-state index in [4.69, 9.17) is 9.15 Å². The maximum atomic E-state index is 13.0. The van der Waals surface area contributed by atoms with Crippen molar-refractivity contribution in [2.75, 3.05) is 12.4 Å². The lowest BCUT2D eigenvalue weighted by atomic mass is 9.62. The third kappa shape index (κ3) is 6.69. The molecule has 1 aliphatic carbocycles. The van der Waals surface area contributed by atoms with Crippen LogP contribution in [0.5, 0.6) is 0 Å². The Bertz CT molecular complexity index is 1700. The number of nitrogens with zero attached hydrogens (tertiary/aromatic N) is 2. The SMILES string of the molecule is COC(=O)c1cnc(NCc2cccc(CNC(=O)c3ccc(Cc4cc5c(cc4C)C(C)(C)CCC5(C)C)o3)c2)nc1C. The van der Waals surface area contributed by atoms with Crippen LogP contribution < -0.4 is 10.6 Å². The van der Waals surface area contributed by atoms with E-state index < -0.39 is 5.97 Å². The summed E-state index contributed by atoms with van der Waals surface area (Å²) in [4.78, 5) is 33.3. The van der Waals surface area contributed by atoms with Crippen molar-refractivity contribution >= 4 is 17.8 Å². The van der Waals surface area contributed by atoms with Crippen LogP contribution >= 0.6 is 0 Å². The predicted octanol–water partition coefficient (Wildman–Crippen LogP) is 6.95. The van der Waals surface area contributed by atoms with Gasteiger partial charge in [-0.25, -0.2) is 14.8 Å². The predicted molar refractivity (Wildman–Crippen MR) is 171 cm³/mol. The fraction of sp³-hybridized carbons (Fsp3) is 0.389. The van der Waals surface area contributed by atoms with Crippen molar-refractivity contribution in [2.24, 2.45) is 0 Å². The summed E-state index contributed by atoms with van der Waals surface area (Å²) in [6.07, 6.45) is 4.46. The van der Waals surface area contributed by atoms with Gasteiger partial charge in [0.15, 0.2) is 5.76 Å². The van der Waals surface area contributed by atoms with E-state index in [1.165, 1.54) is 48.4 Å². The summed E-state index contributed by atoms with van der Waals surface area (Å²) >= 11 is 0. The van der Waals surface area contributed by atoms with Gasteiger partial charge in [-0.1, -0.05) is 64.1 Å². The quantitative estimate of drug-likeness (QED) is 0.202. The summed E-state index contributed by atoms with van der Waals surface area (Å²) in [7, 11) is 1.33.